The SMILES string of the molecule is COc1ccc2ncc(F)c(C(O)CCC3CCN(CCSc4cc(F)cc(F)c4F)CC3C(=O)O)c2c1. The number of hydrogen-bond donors (Lipinski definition) is 2. The molecule has 204 valence electrons. The summed E-state index contributed by atoms with van der Waals surface area (Å²) in [5.74, 6) is -4.93. The number of likely N-dealkylation sites (tertiary alicyclic amines) is 1. The Morgan fingerprint density at radius 1 is 1.21 bits per heavy atom. The number of rotatable bonds is 10. The van der Waals surface area contributed by atoms with Crippen molar-refractivity contribution in [2.45, 2.75) is 30.3 Å². The predicted molar refractivity (Wildman–Crippen MR) is 135 cm³/mol. The molecule has 11 heteroatoms. The molecule has 3 unspecified atom stereocenters. The first-order chi connectivity index (χ1) is 18.2. The maximum atomic E-state index is 14.7. The first-order valence-corrected chi connectivity index (χ1v) is 13.2. The van der Waals surface area contributed by atoms with Crippen molar-refractivity contribution in [1.82, 2.24) is 9.88 Å². The molecule has 3 aromatic rings. The van der Waals surface area contributed by atoms with Crippen LogP contribution in [0.25, 0.3) is 10.9 Å². The van der Waals surface area contributed by atoms with E-state index >= 15 is 0 Å². The number of carboxylic acids is 1. The molecule has 0 radical (unpaired) electrons. The average molecular weight is 553 g/mol. The smallest absolute Gasteiger partial charge is 0.308 e. The molecule has 1 aliphatic rings. The first kappa shape index (κ1) is 28.1. The molecule has 4 rings (SSSR count). The fourth-order valence-electron chi connectivity index (χ4n) is 4.97. The number of aliphatic hydroxyl groups is 1. The lowest BCUT2D eigenvalue weighted by Gasteiger charge is -2.37. The fraction of sp³-hybridized carbons (Fsp3) is 0.407. The number of hydrogen-bond acceptors (Lipinski definition) is 6. The number of pyridine rings is 1. The number of carbonyl (C=O) groups is 1. The molecule has 1 saturated heterocycles. The van der Waals surface area contributed by atoms with Crippen molar-refractivity contribution in [1.29, 1.82) is 0 Å². The second-order valence-electron chi connectivity index (χ2n) is 9.34. The lowest BCUT2D eigenvalue weighted by molar-refractivity contribution is -0.146. The Kier molecular flexibility index (Phi) is 9.11. The van der Waals surface area contributed by atoms with Gasteiger partial charge in [0.15, 0.2) is 11.6 Å². The molecule has 2 aromatic carbocycles. The molecule has 0 spiro atoms. The number of nitrogens with zero attached hydrogens (tertiary/aromatic N) is 2. The van der Waals surface area contributed by atoms with Crippen molar-refractivity contribution in [3.63, 3.8) is 0 Å². The minimum Gasteiger partial charge on any atom is -0.497 e. The number of methoxy groups -OCH3 is 1. The third kappa shape index (κ3) is 6.39. The van der Waals surface area contributed by atoms with Crippen molar-refractivity contribution in [3.8, 4) is 5.75 Å². The van der Waals surface area contributed by atoms with Crippen molar-refractivity contribution >= 4 is 28.6 Å². The number of carboxylic acid groups (broad SMARTS) is 1. The Balaban J connectivity index is 1.36. The van der Waals surface area contributed by atoms with Crippen LogP contribution in [0.3, 0.4) is 0 Å². The van der Waals surface area contributed by atoms with Crippen LogP contribution >= 0.6 is 11.8 Å². The molecule has 0 saturated carbocycles. The van der Waals surface area contributed by atoms with Crippen molar-refractivity contribution < 1.29 is 37.3 Å². The highest BCUT2D eigenvalue weighted by Crippen LogP contribution is 2.35. The Hall–Kier alpha value is -2.89. The number of halogens is 4. The summed E-state index contributed by atoms with van der Waals surface area (Å²) in [7, 11) is 1.49. The Morgan fingerprint density at radius 2 is 2.00 bits per heavy atom. The molecule has 2 heterocycles. The number of aliphatic carboxylic acids is 1. The summed E-state index contributed by atoms with van der Waals surface area (Å²) in [4.78, 5) is 17.9. The van der Waals surface area contributed by atoms with Gasteiger partial charge >= 0.3 is 5.97 Å². The largest absolute Gasteiger partial charge is 0.497 e. The highest BCUT2D eigenvalue weighted by atomic mass is 32.2. The summed E-state index contributed by atoms with van der Waals surface area (Å²) in [6.45, 7) is 1.24. The molecular formula is C27H28F4N2O4S. The number of thioether (sulfide) groups is 1. The van der Waals surface area contributed by atoms with E-state index < -0.39 is 41.3 Å². The van der Waals surface area contributed by atoms with E-state index in [4.69, 9.17) is 4.74 Å². The topological polar surface area (TPSA) is 82.9 Å². The number of fused-ring (bicyclic) bond motifs is 1. The molecule has 1 aromatic heterocycles. The molecule has 0 bridgehead atoms. The maximum absolute atomic E-state index is 14.7. The van der Waals surface area contributed by atoms with Crippen LogP contribution in [0.1, 0.15) is 30.9 Å². The third-order valence-corrected chi connectivity index (χ3v) is 7.99. The van der Waals surface area contributed by atoms with Crippen LogP contribution in [-0.2, 0) is 4.79 Å². The maximum Gasteiger partial charge on any atom is 0.308 e. The quantitative estimate of drug-likeness (QED) is 0.197. The minimum atomic E-state index is -1.25. The van der Waals surface area contributed by atoms with Crippen LogP contribution < -0.4 is 4.74 Å². The average Bonchev–Trinajstić information content (AvgIpc) is 2.89. The Bertz CT molecular complexity index is 1310. The zero-order chi connectivity index (χ0) is 27.4. The zero-order valence-corrected chi connectivity index (χ0v) is 21.5. The second-order valence-corrected chi connectivity index (χ2v) is 10.5. The van der Waals surface area contributed by atoms with Crippen LogP contribution in [0.2, 0.25) is 0 Å². The predicted octanol–water partition coefficient (Wildman–Crippen LogP) is 5.43. The molecule has 1 fully saturated rings. The molecule has 1 aliphatic heterocycles. The van der Waals surface area contributed by atoms with E-state index in [0.717, 1.165) is 24.0 Å². The molecule has 3 atom stereocenters. The Labute approximate surface area is 221 Å². The van der Waals surface area contributed by atoms with Crippen LogP contribution in [0, 0.1) is 35.1 Å². The summed E-state index contributed by atoms with van der Waals surface area (Å²) >= 11 is 0.969. The molecule has 2 N–H and O–H groups in total. The lowest BCUT2D eigenvalue weighted by Crippen LogP contribution is -2.44. The summed E-state index contributed by atoms with van der Waals surface area (Å²) in [5.41, 5.74) is 0.618. The van der Waals surface area contributed by atoms with Crippen LogP contribution in [-0.4, -0.2) is 58.6 Å². The number of benzene rings is 2. The van der Waals surface area contributed by atoms with Gasteiger partial charge < -0.3 is 19.8 Å². The van der Waals surface area contributed by atoms with E-state index in [9.17, 15) is 32.6 Å². The standard InChI is InChI=1S/C27H28F4N2O4S/c1-37-17-3-4-22-18(12-17)25(21(30)13-32-22)23(34)5-2-15-6-7-33(14-19(15)27(35)36)8-9-38-24-11-16(28)10-20(29)26(24)31/h3-4,10-13,15,19,23,34H,2,5-9,14H2,1H3,(H,35,36). The molecule has 6 nitrogen and oxygen atoms in total. The summed E-state index contributed by atoms with van der Waals surface area (Å²) in [6.07, 6.45) is 1.00. The van der Waals surface area contributed by atoms with Crippen molar-refractivity contribution in [2.75, 3.05) is 32.5 Å². The van der Waals surface area contributed by atoms with Gasteiger partial charge in [0.05, 0.1) is 30.8 Å². The van der Waals surface area contributed by atoms with Crippen LogP contribution in [0.5, 0.6) is 5.75 Å². The normalized spacial score (nSPS) is 19.0. The van der Waals surface area contributed by atoms with Gasteiger partial charge in [-0.15, -0.1) is 11.8 Å². The van der Waals surface area contributed by atoms with Gasteiger partial charge in [0.2, 0.25) is 0 Å². The van der Waals surface area contributed by atoms with Gasteiger partial charge in [-0.3, -0.25) is 9.78 Å². The number of piperidine rings is 1. The van der Waals surface area contributed by atoms with Crippen molar-refractivity contribution in [2.24, 2.45) is 11.8 Å². The highest BCUT2D eigenvalue weighted by molar-refractivity contribution is 7.99. The fourth-order valence-corrected chi connectivity index (χ4v) is 5.96. The van der Waals surface area contributed by atoms with Crippen molar-refractivity contribution in [3.05, 3.63) is 65.4 Å². The Morgan fingerprint density at radius 3 is 2.74 bits per heavy atom. The monoisotopic (exact) mass is 552 g/mol. The number of ether oxygens (including phenoxy) is 1. The van der Waals surface area contributed by atoms with E-state index in [2.05, 4.69) is 4.98 Å². The minimum absolute atomic E-state index is 0.108. The van der Waals surface area contributed by atoms with E-state index in [1.54, 1.807) is 18.2 Å². The molecule has 38 heavy (non-hydrogen) atoms. The van der Waals surface area contributed by atoms with Gasteiger partial charge in [0.1, 0.15) is 17.4 Å². The first-order valence-electron chi connectivity index (χ1n) is 12.2. The molecule has 0 amide bonds. The van der Waals surface area contributed by atoms with Crippen LogP contribution in [0.15, 0.2) is 41.4 Å². The third-order valence-electron chi connectivity index (χ3n) is 6.99. The molecular weight excluding hydrogens is 524 g/mol. The van der Waals surface area contributed by atoms with Gasteiger partial charge in [0.25, 0.3) is 0 Å². The highest BCUT2D eigenvalue weighted by Gasteiger charge is 2.34. The van der Waals surface area contributed by atoms with Gasteiger partial charge in [-0.1, -0.05) is 0 Å². The van der Waals surface area contributed by atoms with E-state index in [1.807, 2.05) is 4.90 Å². The summed E-state index contributed by atoms with van der Waals surface area (Å²) in [6, 6.07) is 6.41. The van der Waals surface area contributed by atoms with E-state index in [0.29, 0.717) is 54.4 Å². The second kappa shape index (κ2) is 12.3. The lowest BCUT2D eigenvalue weighted by atomic mass is 9.81. The zero-order valence-electron chi connectivity index (χ0n) is 20.7. The summed E-state index contributed by atoms with van der Waals surface area (Å²) < 4.78 is 60.6. The molecule has 0 aliphatic carbocycles. The van der Waals surface area contributed by atoms with Gasteiger partial charge in [-0.25, -0.2) is 17.6 Å². The van der Waals surface area contributed by atoms with Crippen LogP contribution in [0.4, 0.5) is 17.6 Å². The van der Waals surface area contributed by atoms with Gasteiger partial charge in [-0.2, -0.15) is 0 Å². The van der Waals surface area contributed by atoms with Gasteiger partial charge in [-0.05, 0) is 56.0 Å². The number of aliphatic hydroxyl groups excluding tert-OH is 1. The van der Waals surface area contributed by atoms with Gasteiger partial charge in [0, 0.05) is 40.8 Å². The van der Waals surface area contributed by atoms with E-state index in [-0.39, 0.29) is 29.3 Å². The number of aromatic nitrogens is 1. The summed E-state index contributed by atoms with van der Waals surface area (Å²) in [5, 5.41) is 21.2. The van der Waals surface area contributed by atoms with E-state index in [1.165, 1.54) is 7.11 Å².